The number of hydrogen-bond donors (Lipinski definition) is 0. The smallest absolute Gasteiger partial charge is 0.145 e. The molecule has 0 amide bonds. The third kappa shape index (κ3) is 3.69. The van der Waals surface area contributed by atoms with Crippen molar-refractivity contribution >= 4 is 23.0 Å². The van der Waals surface area contributed by atoms with Crippen molar-refractivity contribution in [3.8, 4) is 0 Å². The summed E-state index contributed by atoms with van der Waals surface area (Å²) in [5.74, 6) is -0.350. The lowest BCUT2D eigenvalue weighted by Crippen LogP contribution is -2.48. The van der Waals surface area contributed by atoms with E-state index in [4.69, 9.17) is 16.4 Å². The van der Waals surface area contributed by atoms with Gasteiger partial charge in [0.05, 0.1) is 16.3 Å². The summed E-state index contributed by atoms with van der Waals surface area (Å²) in [4.78, 5) is 10.3. The van der Waals surface area contributed by atoms with Crippen molar-refractivity contribution in [2.75, 3.05) is 37.6 Å². The van der Waals surface area contributed by atoms with E-state index in [1.54, 1.807) is 12.1 Å². The van der Waals surface area contributed by atoms with E-state index in [-0.39, 0.29) is 11.9 Å². The zero-order valence-corrected chi connectivity index (χ0v) is 15.2. The minimum Gasteiger partial charge on any atom is -0.390 e. The molecule has 0 radical (unpaired) electrons. The molecule has 0 saturated carbocycles. The lowest BCUT2D eigenvalue weighted by atomic mass is 10.0. The second kappa shape index (κ2) is 7.64. The van der Waals surface area contributed by atoms with Crippen molar-refractivity contribution in [3.05, 3.63) is 64.9 Å². The lowest BCUT2D eigenvalue weighted by molar-refractivity contribution is 0.0510. The van der Waals surface area contributed by atoms with Crippen LogP contribution in [0.5, 0.6) is 0 Å². The summed E-state index contributed by atoms with van der Waals surface area (Å²) in [6, 6.07) is 15.2. The Hall–Kier alpha value is -2.11. The minimum atomic E-state index is -0.350. The van der Waals surface area contributed by atoms with Gasteiger partial charge in [0.15, 0.2) is 0 Å². The van der Waals surface area contributed by atoms with Crippen molar-refractivity contribution in [1.82, 2.24) is 4.90 Å². The molecule has 4 nitrogen and oxygen atoms in total. The van der Waals surface area contributed by atoms with Crippen LogP contribution in [0.25, 0.3) is 0 Å². The van der Waals surface area contributed by atoms with Gasteiger partial charge in [-0.1, -0.05) is 41.0 Å². The Morgan fingerprint density at radius 3 is 2.54 bits per heavy atom. The molecule has 4 rings (SSSR count). The van der Waals surface area contributed by atoms with Crippen LogP contribution >= 0.6 is 11.6 Å². The average molecular weight is 374 g/mol. The Morgan fingerprint density at radius 2 is 1.81 bits per heavy atom. The van der Waals surface area contributed by atoms with Gasteiger partial charge in [0.2, 0.25) is 0 Å². The molecule has 1 saturated heterocycles. The molecule has 6 heteroatoms. The third-order valence-corrected chi connectivity index (χ3v) is 5.25. The molecule has 1 unspecified atom stereocenters. The van der Waals surface area contributed by atoms with Gasteiger partial charge in [-0.3, -0.25) is 4.90 Å². The molecule has 2 aliphatic rings. The van der Waals surface area contributed by atoms with Crippen LogP contribution in [0.1, 0.15) is 12.0 Å². The predicted octanol–water partition coefficient (Wildman–Crippen LogP) is 3.79. The molecule has 2 heterocycles. The molecule has 0 aromatic heterocycles. The van der Waals surface area contributed by atoms with Gasteiger partial charge in [0.25, 0.3) is 0 Å². The second-order valence-electron chi connectivity index (χ2n) is 6.69. The van der Waals surface area contributed by atoms with E-state index in [0.717, 1.165) is 32.7 Å². The zero-order valence-electron chi connectivity index (χ0n) is 14.4. The largest absolute Gasteiger partial charge is 0.390 e. The highest BCUT2D eigenvalue weighted by molar-refractivity contribution is 6.34. The molecule has 0 bridgehead atoms. The Kier molecular flexibility index (Phi) is 5.09. The summed E-state index contributed by atoms with van der Waals surface area (Å²) in [6.07, 6.45) is 0.531. The van der Waals surface area contributed by atoms with Gasteiger partial charge in [-0.25, -0.2) is 4.39 Å². The highest BCUT2D eigenvalue weighted by atomic mass is 35.5. The topological polar surface area (TPSA) is 28.1 Å². The van der Waals surface area contributed by atoms with Crippen molar-refractivity contribution in [2.24, 2.45) is 5.16 Å². The first kappa shape index (κ1) is 17.3. The fourth-order valence-corrected chi connectivity index (χ4v) is 3.83. The number of oxime groups is 1. The Labute approximate surface area is 157 Å². The van der Waals surface area contributed by atoms with E-state index in [2.05, 4.69) is 39.2 Å². The Bertz CT molecular complexity index is 771. The van der Waals surface area contributed by atoms with Gasteiger partial charge >= 0.3 is 0 Å². The van der Waals surface area contributed by atoms with Gasteiger partial charge in [-0.15, -0.1) is 0 Å². The SMILES string of the molecule is Fc1cccc(Cl)c1C1=NOC(CN2CCN(c3ccccc3)CC2)C1. The summed E-state index contributed by atoms with van der Waals surface area (Å²) in [6.45, 7) is 4.73. The molecule has 0 aliphatic carbocycles. The molecular weight excluding hydrogens is 353 g/mol. The average Bonchev–Trinajstić information content (AvgIpc) is 3.11. The normalized spacial score (nSPS) is 20.8. The first-order valence-electron chi connectivity index (χ1n) is 8.90. The predicted molar refractivity (Wildman–Crippen MR) is 103 cm³/mol. The fourth-order valence-electron chi connectivity index (χ4n) is 3.56. The van der Waals surface area contributed by atoms with Gasteiger partial charge < -0.3 is 9.74 Å². The number of benzene rings is 2. The standard InChI is InChI=1S/C20H21ClFN3O/c21-17-7-4-8-18(22)20(17)19-13-16(26-23-19)14-24-9-11-25(12-10-24)15-5-2-1-3-6-15/h1-8,16H,9-14H2. The monoisotopic (exact) mass is 373 g/mol. The summed E-state index contributed by atoms with van der Waals surface area (Å²) < 4.78 is 14.1. The number of piperazine rings is 1. The zero-order chi connectivity index (χ0) is 17.9. The molecule has 0 N–H and O–H groups in total. The highest BCUT2D eigenvalue weighted by Gasteiger charge is 2.28. The second-order valence-corrected chi connectivity index (χ2v) is 7.10. The van der Waals surface area contributed by atoms with Crippen LogP contribution in [0.2, 0.25) is 5.02 Å². The first-order chi connectivity index (χ1) is 12.7. The molecule has 26 heavy (non-hydrogen) atoms. The molecule has 0 spiro atoms. The number of nitrogens with zero attached hydrogens (tertiary/aromatic N) is 3. The summed E-state index contributed by atoms with van der Waals surface area (Å²) in [5.41, 5.74) is 2.23. The van der Waals surface area contributed by atoms with E-state index in [0.29, 0.717) is 22.7 Å². The molecule has 1 atom stereocenters. The molecule has 2 aromatic carbocycles. The summed E-state index contributed by atoms with van der Waals surface area (Å²) in [5, 5.41) is 4.47. The molecule has 2 aromatic rings. The number of anilines is 1. The number of rotatable bonds is 4. The van der Waals surface area contributed by atoms with Crippen LogP contribution in [-0.2, 0) is 4.84 Å². The summed E-state index contributed by atoms with van der Waals surface area (Å²) >= 11 is 6.13. The molecular formula is C20H21ClFN3O. The van der Waals surface area contributed by atoms with E-state index in [1.165, 1.54) is 11.8 Å². The third-order valence-electron chi connectivity index (χ3n) is 4.94. The Morgan fingerprint density at radius 1 is 1.04 bits per heavy atom. The van der Waals surface area contributed by atoms with Gasteiger partial charge in [0, 0.05) is 44.8 Å². The van der Waals surface area contributed by atoms with Crippen LogP contribution in [0, 0.1) is 5.82 Å². The maximum Gasteiger partial charge on any atom is 0.145 e. The number of para-hydroxylation sites is 1. The highest BCUT2D eigenvalue weighted by Crippen LogP contribution is 2.26. The maximum absolute atomic E-state index is 14.1. The quantitative estimate of drug-likeness (QED) is 0.816. The molecule has 2 aliphatic heterocycles. The van der Waals surface area contributed by atoms with Crippen LogP contribution in [0.3, 0.4) is 0 Å². The molecule has 1 fully saturated rings. The maximum atomic E-state index is 14.1. The van der Waals surface area contributed by atoms with Crippen LogP contribution in [0.4, 0.5) is 10.1 Å². The van der Waals surface area contributed by atoms with Gasteiger partial charge in [-0.05, 0) is 24.3 Å². The van der Waals surface area contributed by atoms with Crippen molar-refractivity contribution in [1.29, 1.82) is 0 Å². The molecule has 136 valence electrons. The fraction of sp³-hybridized carbons (Fsp3) is 0.350. The number of halogens is 2. The van der Waals surface area contributed by atoms with Crippen LogP contribution in [0.15, 0.2) is 53.7 Å². The summed E-state index contributed by atoms with van der Waals surface area (Å²) in [7, 11) is 0. The van der Waals surface area contributed by atoms with Crippen molar-refractivity contribution < 1.29 is 9.23 Å². The van der Waals surface area contributed by atoms with Crippen molar-refractivity contribution in [3.63, 3.8) is 0 Å². The van der Waals surface area contributed by atoms with E-state index >= 15 is 0 Å². The van der Waals surface area contributed by atoms with Crippen LogP contribution in [-0.4, -0.2) is 49.4 Å². The lowest BCUT2D eigenvalue weighted by Gasteiger charge is -2.36. The van der Waals surface area contributed by atoms with Gasteiger partial charge in [0.1, 0.15) is 11.9 Å². The number of hydrogen-bond acceptors (Lipinski definition) is 4. The first-order valence-corrected chi connectivity index (χ1v) is 9.28. The van der Waals surface area contributed by atoms with E-state index in [9.17, 15) is 4.39 Å². The van der Waals surface area contributed by atoms with Gasteiger partial charge in [-0.2, -0.15) is 0 Å². The van der Waals surface area contributed by atoms with Crippen LogP contribution < -0.4 is 4.90 Å². The van der Waals surface area contributed by atoms with Crippen molar-refractivity contribution in [2.45, 2.75) is 12.5 Å². The van der Waals surface area contributed by atoms with E-state index < -0.39 is 0 Å². The Balaban J connectivity index is 1.31. The minimum absolute atomic E-state index is 0.0519. The van der Waals surface area contributed by atoms with E-state index in [1.807, 2.05) is 6.07 Å².